The Balaban J connectivity index is 2.62. The number of anilines is 1. The van der Waals surface area contributed by atoms with E-state index in [1.807, 2.05) is 45.8 Å². The van der Waals surface area contributed by atoms with Crippen molar-refractivity contribution in [3.05, 3.63) is 27.6 Å². The summed E-state index contributed by atoms with van der Waals surface area (Å²) in [4.78, 5) is 11.0. The maximum Gasteiger partial charge on any atom is 0.253 e. The fourth-order valence-corrected chi connectivity index (χ4v) is 2.28. The van der Waals surface area contributed by atoms with E-state index in [1.165, 1.54) is 0 Å². The quantitative estimate of drug-likeness (QED) is 0.854. The van der Waals surface area contributed by atoms with Gasteiger partial charge in [0.2, 0.25) is 0 Å². The van der Waals surface area contributed by atoms with Gasteiger partial charge >= 0.3 is 0 Å². The molecule has 6 heteroatoms. The minimum atomic E-state index is 0.602. The molecule has 2 rings (SSSR count). The normalized spacial score (nSPS) is 10.8. The van der Waals surface area contributed by atoms with E-state index in [4.69, 9.17) is 0 Å². The minimum Gasteiger partial charge on any atom is -0.362 e. The molecule has 0 unspecified atom stereocenters. The molecule has 0 saturated carbocycles. The van der Waals surface area contributed by atoms with Crippen molar-refractivity contribution in [3.8, 4) is 5.95 Å². The lowest BCUT2D eigenvalue weighted by Gasteiger charge is -2.16. The Hall–Kier alpha value is -1.43. The molecule has 0 N–H and O–H groups in total. The predicted octanol–water partition coefficient (Wildman–Crippen LogP) is 2.42. The van der Waals surface area contributed by atoms with Gasteiger partial charge in [-0.15, -0.1) is 0 Å². The zero-order chi connectivity index (χ0) is 13.4. The molecule has 2 aromatic heterocycles. The molecule has 0 aliphatic carbocycles. The first kappa shape index (κ1) is 13.0. The van der Waals surface area contributed by atoms with E-state index in [0.717, 1.165) is 27.4 Å². The summed E-state index contributed by atoms with van der Waals surface area (Å²) in [6.07, 6.45) is 0. The monoisotopic (exact) mass is 309 g/mol. The fraction of sp³-hybridized carbons (Fsp3) is 0.417. The molecule has 0 amide bonds. The Morgan fingerprint density at radius 1 is 1.17 bits per heavy atom. The molecule has 0 aliphatic heterocycles. The topological polar surface area (TPSA) is 46.8 Å². The summed E-state index contributed by atoms with van der Waals surface area (Å²) in [7, 11) is 3.91. The van der Waals surface area contributed by atoms with Crippen LogP contribution in [-0.2, 0) is 0 Å². The summed E-state index contributed by atoms with van der Waals surface area (Å²) < 4.78 is 2.68. The summed E-state index contributed by atoms with van der Waals surface area (Å²) >= 11 is 3.51. The highest BCUT2D eigenvalue weighted by atomic mass is 79.9. The first-order chi connectivity index (χ1) is 8.40. The zero-order valence-corrected chi connectivity index (χ0v) is 12.8. The van der Waals surface area contributed by atoms with Crippen LogP contribution in [0.1, 0.15) is 17.1 Å². The molecule has 0 spiro atoms. The van der Waals surface area contributed by atoms with Crippen molar-refractivity contribution in [1.82, 2.24) is 19.7 Å². The Labute approximate surface area is 115 Å². The van der Waals surface area contributed by atoms with E-state index in [-0.39, 0.29) is 0 Å². The average Bonchev–Trinajstić information content (AvgIpc) is 2.61. The van der Waals surface area contributed by atoms with Crippen molar-refractivity contribution in [2.75, 3.05) is 19.0 Å². The fourth-order valence-electron chi connectivity index (χ4n) is 1.75. The van der Waals surface area contributed by atoms with Gasteiger partial charge in [-0.2, -0.15) is 10.1 Å². The van der Waals surface area contributed by atoms with Gasteiger partial charge in [0, 0.05) is 19.8 Å². The molecule has 0 aromatic carbocycles. The Kier molecular flexibility index (Phi) is 3.38. The molecule has 2 aromatic rings. The van der Waals surface area contributed by atoms with Crippen LogP contribution in [0.15, 0.2) is 10.5 Å². The summed E-state index contributed by atoms with van der Waals surface area (Å²) in [5.41, 5.74) is 2.89. The molecule has 0 radical (unpaired) electrons. The summed E-state index contributed by atoms with van der Waals surface area (Å²) in [5, 5.41) is 4.41. The number of hydrogen-bond donors (Lipinski definition) is 0. The van der Waals surface area contributed by atoms with Crippen molar-refractivity contribution in [1.29, 1.82) is 0 Å². The van der Waals surface area contributed by atoms with Crippen molar-refractivity contribution in [3.63, 3.8) is 0 Å². The van der Waals surface area contributed by atoms with E-state index >= 15 is 0 Å². The van der Waals surface area contributed by atoms with Gasteiger partial charge in [-0.25, -0.2) is 9.67 Å². The Bertz CT molecular complexity index is 588. The summed E-state index contributed by atoms with van der Waals surface area (Å²) in [6, 6.07) is 2.01. The number of nitrogens with zero attached hydrogens (tertiary/aromatic N) is 5. The molecule has 0 atom stereocenters. The van der Waals surface area contributed by atoms with Crippen LogP contribution in [-0.4, -0.2) is 33.8 Å². The van der Waals surface area contributed by atoms with Crippen LogP contribution >= 0.6 is 15.9 Å². The maximum atomic E-state index is 4.55. The van der Waals surface area contributed by atoms with E-state index < -0.39 is 0 Å². The van der Waals surface area contributed by atoms with Gasteiger partial charge in [0.25, 0.3) is 5.95 Å². The van der Waals surface area contributed by atoms with Gasteiger partial charge in [-0.05, 0) is 42.8 Å². The SMILES string of the molecule is Cc1cc(C)n(-c2nc(C)c(Br)c(N(C)C)n2)n1. The molecule has 0 fully saturated rings. The molecule has 0 saturated heterocycles. The highest BCUT2D eigenvalue weighted by molar-refractivity contribution is 9.10. The highest BCUT2D eigenvalue weighted by Gasteiger charge is 2.14. The predicted molar refractivity (Wildman–Crippen MR) is 75.4 cm³/mol. The van der Waals surface area contributed by atoms with Crippen molar-refractivity contribution in [2.45, 2.75) is 20.8 Å². The third-order valence-corrected chi connectivity index (χ3v) is 3.54. The molecule has 96 valence electrons. The molecule has 2 heterocycles. The standard InChI is InChI=1S/C12H16BrN5/c1-7-6-8(2)18(16-7)12-14-9(3)10(13)11(15-12)17(4)5/h6H,1-5H3. The third kappa shape index (κ3) is 2.25. The zero-order valence-electron chi connectivity index (χ0n) is 11.2. The van der Waals surface area contributed by atoms with Crippen molar-refractivity contribution >= 4 is 21.7 Å². The molecule has 5 nitrogen and oxygen atoms in total. The first-order valence-electron chi connectivity index (χ1n) is 5.65. The summed E-state index contributed by atoms with van der Waals surface area (Å²) in [6.45, 7) is 5.91. The van der Waals surface area contributed by atoms with Gasteiger partial charge in [0.05, 0.1) is 15.9 Å². The van der Waals surface area contributed by atoms with Gasteiger partial charge < -0.3 is 4.90 Å². The maximum absolute atomic E-state index is 4.55. The van der Waals surface area contributed by atoms with Gasteiger partial charge in [0.1, 0.15) is 5.82 Å². The van der Waals surface area contributed by atoms with E-state index in [9.17, 15) is 0 Å². The number of hydrogen-bond acceptors (Lipinski definition) is 4. The van der Waals surface area contributed by atoms with Crippen LogP contribution in [0.5, 0.6) is 0 Å². The number of aryl methyl sites for hydroxylation is 3. The molecular weight excluding hydrogens is 294 g/mol. The lowest BCUT2D eigenvalue weighted by molar-refractivity contribution is 0.763. The van der Waals surface area contributed by atoms with Gasteiger partial charge in [0.15, 0.2) is 0 Å². The van der Waals surface area contributed by atoms with E-state index in [2.05, 4.69) is 31.0 Å². The van der Waals surface area contributed by atoms with Crippen molar-refractivity contribution in [2.24, 2.45) is 0 Å². The third-order valence-electron chi connectivity index (χ3n) is 2.61. The van der Waals surface area contributed by atoms with E-state index in [0.29, 0.717) is 5.95 Å². The van der Waals surface area contributed by atoms with Crippen LogP contribution in [0.3, 0.4) is 0 Å². The highest BCUT2D eigenvalue weighted by Crippen LogP contribution is 2.26. The smallest absolute Gasteiger partial charge is 0.253 e. The van der Waals surface area contributed by atoms with Crippen molar-refractivity contribution < 1.29 is 0 Å². The molecule has 0 aliphatic rings. The van der Waals surface area contributed by atoms with Crippen LogP contribution in [0, 0.1) is 20.8 Å². The van der Waals surface area contributed by atoms with Gasteiger partial charge in [-0.3, -0.25) is 0 Å². The first-order valence-corrected chi connectivity index (χ1v) is 6.44. The van der Waals surface area contributed by atoms with Crippen LogP contribution in [0.25, 0.3) is 5.95 Å². The number of aromatic nitrogens is 4. The lowest BCUT2D eigenvalue weighted by Crippen LogP contribution is -2.16. The Morgan fingerprint density at radius 3 is 2.33 bits per heavy atom. The molecule has 0 bridgehead atoms. The van der Waals surface area contributed by atoms with Gasteiger partial charge in [-0.1, -0.05) is 0 Å². The largest absolute Gasteiger partial charge is 0.362 e. The second-order valence-electron chi connectivity index (χ2n) is 4.48. The van der Waals surface area contributed by atoms with Crippen LogP contribution < -0.4 is 4.90 Å². The summed E-state index contributed by atoms with van der Waals surface area (Å²) in [5.74, 6) is 1.45. The van der Waals surface area contributed by atoms with Crippen LogP contribution in [0.2, 0.25) is 0 Å². The van der Waals surface area contributed by atoms with E-state index in [1.54, 1.807) is 4.68 Å². The molecule has 18 heavy (non-hydrogen) atoms. The lowest BCUT2D eigenvalue weighted by atomic mass is 10.4. The van der Waals surface area contributed by atoms with Crippen LogP contribution in [0.4, 0.5) is 5.82 Å². The number of halogens is 1. The molecular formula is C12H16BrN5. The second kappa shape index (κ2) is 4.68. The average molecular weight is 310 g/mol. The minimum absolute atomic E-state index is 0.602. The number of rotatable bonds is 2. The Morgan fingerprint density at radius 2 is 1.83 bits per heavy atom. The second-order valence-corrected chi connectivity index (χ2v) is 5.27.